The zero-order valence-corrected chi connectivity index (χ0v) is 12.7. The van der Waals surface area contributed by atoms with Gasteiger partial charge >= 0.3 is 5.97 Å². The molecule has 7 heteroatoms. The molecule has 21 heavy (non-hydrogen) atoms. The second-order valence-electron chi connectivity index (χ2n) is 5.52. The van der Waals surface area contributed by atoms with Gasteiger partial charge in [-0.05, 0) is 37.0 Å². The van der Waals surface area contributed by atoms with Crippen molar-refractivity contribution in [2.45, 2.75) is 37.6 Å². The average molecular weight is 315 g/mol. The Balaban J connectivity index is 2.49. The van der Waals surface area contributed by atoms with E-state index in [1.165, 1.54) is 4.31 Å². The van der Waals surface area contributed by atoms with Crippen LogP contribution >= 0.6 is 0 Å². The topological polar surface area (TPSA) is 74.7 Å². The Morgan fingerprint density at radius 1 is 1.43 bits per heavy atom. The summed E-state index contributed by atoms with van der Waals surface area (Å²) in [5.74, 6) is -2.09. The van der Waals surface area contributed by atoms with Crippen LogP contribution in [-0.4, -0.2) is 36.4 Å². The van der Waals surface area contributed by atoms with E-state index in [0.29, 0.717) is 6.54 Å². The first kappa shape index (κ1) is 15.9. The van der Waals surface area contributed by atoms with E-state index in [0.717, 1.165) is 31.0 Å². The molecule has 1 N–H and O–H groups in total. The van der Waals surface area contributed by atoms with Gasteiger partial charge in [-0.15, -0.1) is 0 Å². The zero-order valence-electron chi connectivity index (χ0n) is 11.9. The number of hydrogen-bond donors (Lipinski definition) is 1. The quantitative estimate of drug-likeness (QED) is 0.925. The maximum Gasteiger partial charge on any atom is 0.335 e. The largest absolute Gasteiger partial charge is 0.478 e. The summed E-state index contributed by atoms with van der Waals surface area (Å²) in [6.45, 7) is 4.17. The van der Waals surface area contributed by atoms with E-state index in [4.69, 9.17) is 5.11 Å². The first-order valence-electron chi connectivity index (χ1n) is 6.80. The van der Waals surface area contributed by atoms with Gasteiger partial charge in [-0.1, -0.05) is 13.8 Å². The van der Waals surface area contributed by atoms with Crippen LogP contribution in [0.4, 0.5) is 4.39 Å². The molecule has 1 fully saturated rings. The zero-order chi connectivity index (χ0) is 15.8. The lowest BCUT2D eigenvalue weighted by atomic mass is 10.0. The summed E-state index contributed by atoms with van der Waals surface area (Å²) in [5, 5.41) is 8.94. The van der Waals surface area contributed by atoms with Crippen molar-refractivity contribution in [3.63, 3.8) is 0 Å². The number of aromatic carboxylic acids is 1. The third kappa shape index (κ3) is 2.94. The van der Waals surface area contributed by atoms with Gasteiger partial charge in [-0.25, -0.2) is 17.6 Å². The number of hydrogen-bond acceptors (Lipinski definition) is 3. The van der Waals surface area contributed by atoms with Crippen molar-refractivity contribution < 1.29 is 22.7 Å². The molecule has 2 rings (SSSR count). The number of carboxylic acid groups (broad SMARTS) is 1. The third-order valence-electron chi connectivity index (χ3n) is 3.78. The van der Waals surface area contributed by atoms with Gasteiger partial charge in [0.15, 0.2) is 0 Å². The maximum atomic E-state index is 13.9. The predicted molar refractivity (Wildman–Crippen MR) is 75.1 cm³/mol. The van der Waals surface area contributed by atoms with E-state index in [1.807, 2.05) is 13.8 Å². The van der Waals surface area contributed by atoms with Crippen molar-refractivity contribution in [2.24, 2.45) is 5.92 Å². The van der Waals surface area contributed by atoms with Crippen LogP contribution in [0.1, 0.15) is 37.0 Å². The molecule has 1 heterocycles. The van der Waals surface area contributed by atoms with Crippen molar-refractivity contribution >= 4 is 16.0 Å². The maximum absolute atomic E-state index is 13.9. The van der Waals surface area contributed by atoms with E-state index in [2.05, 4.69) is 0 Å². The lowest BCUT2D eigenvalue weighted by molar-refractivity contribution is 0.0696. The number of sulfonamides is 1. The lowest BCUT2D eigenvalue weighted by Gasteiger charge is -2.27. The van der Waals surface area contributed by atoms with Gasteiger partial charge in [0.25, 0.3) is 0 Å². The van der Waals surface area contributed by atoms with Gasteiger partial charge in [-0.3, -0.25) is 0 Å². The van der Waals surface area contributed by atoms with Gasteiger partial charge < -0.3 is 5.11 Å². The van der Waals surface area contributed by atoms with Gasteiger partial charge in [0.05, 0.1) is 5.56 Å². The molecule has 116 valence electrons. The Kier molecular flexibility index (Phi) is 4.34. The molecule has 1 atom stereocenters. The third-order valence-corrected chi connectivity index (χ3v) is 5.72. The van der Waals surface area contributed by atoms with Crippen LogP contribution in [0.2, 0.25) is 0 Å². The molecule has 0 radical (unpaired) electrons. The average Bonchev–Trinajstić information content (AvgIpc) is 2.88. The number of rotatable bonds is 4. The minimum Gasteiger partial charge on any atom is -0.478 e. The molecule has 1 saturated heterocycles. The minimum absolute atomic E-state index is 0.119. The molecule has 0 bridgehead atoms. The number of benzene rings is 1. The molecule has 1 aromatic carbocycles. The van der Waals surface area contributed by atoms with Crippen LogP contribution in [0.25, 0.3) is 0 Å². The van der Waals surface area contributed by atoms with Crippen LogP contribution in [0.3, 0.4) is 0 Å². The van der Waals surface area contributed by atoms with Crippen LogP contribution in [-0.2, 0) is 10.0 Å². The Hall–Kier alpha value is -1.47. The highest BCUT2D eigenvalue weighted by atomic mass is 32.2. The molecule has 5 nitrogen and oxygen atoms in total. The molecule has 1 aromatic rings. The summed E-state index contributed by atoms with van der Waals surface area (Å²) in [5.41, 5.74) is -0.240. The highest BCUT2D eigenvalue weighted by Gasteiger charge is 2.38. The molecule has 0 saturated carbocycles. The highest BCUT2D eigenvalue weighted by Crippen LogP contribution is 2.31. The first-order chi connectivity index (χ1) is 9.75. The fraction of sp³-hybridized carbons (Fsp3) is 0.500. The monoisotopic (exact) mass is 315 g/mol. The number of nitrogens with zero attached hydrogens (tertiary/aromatic N) is 1. The second-order valence-corrected chi connectivity index (χ2v) is 7.38. The normalized spacial score (nSPS) is 20.1. The molecule has 0 amide bonds. The van der Waals surface area contributed by atoms with Crippen molar-refractivity contribution in [1.29, 1.82) is 0 Å². The predicted octanol–water partition coefficient (Wildman–Crippen LogP) is 2.33. The standard InChI is InChI=1S/C14H18FNO4S/c1-9(2)12-4-3-7-16(12)21(19,20)13-8-10(14(17)18)5-6-11(13)15/h5-6,8-9,12H,3-4,7H2,1-2H3,(H,17,18). The summed E-state index contributed by atoms with van der Waals surface area (Å²) >= 11 is 0. The number of carbonyl (C=O) groups is 1. The van der Waals surface area contributed by atoms with Crippen LogP contribution in [0.15, 0.2) is 23.1 Å². The lowest BCUT2D eigenvalue weighted by Crippen LogP contribution is -2.38. The fourth-order valence-corrected chi connectivity index (χ4v) is 4.61. The number of carboxylic acids is 1. The number of halogens is 1. The minimum atomic E-state index is -4.02. The van der Waals surface area contributed by atoms with Crippen molar-refractivity contribution in [3.8, 4) is 0 Å². The Bertz CT molecular complexity index is 657. The summed E-state index contributed by atoms with van der Waals surface area (Å²) in [6.07, 6.45) is 1.46. The van der Waals surface area contributed by atoms with Crippen LogP contribution < -0.4 is 0 Å². The molecule has 1 aliphatic rings. The molecular formula is C14H18FNO4S. The molecule has 0 spiro atoms. The van der Waals surface area contributed by atoms with Gasteiger partial charge in [0.2, 0.25) is 10.0 Å². The van der Waals surface area contributed by atoms with E-state index in [-0.39, 0.29) is 17.5 Å². The van der Waals surface area contributed by atoms with Crippen molar-refractivity contribution in [1.82, 2.24) is 4.31 Å². The molecule has 1 aliphatic heterocycles. The highest BCUT2D eigenvalue weighted by molar-refractivity contribution is 7.89. The SMILES string of the molecule is CC(C)C1CCCN1S(=O)(=O)c1cc(C(=O)O)ccc1F. The first-order valence-corrected chi connectivity index (χ1v) is 8.24. The Labute approximate surface area is 123 Å². The molecule has 0 aliphatic carbocycles. The van der Waals surface area contributed by atoms with Crippen molar-refractivity contribution in [3.05, 3.63) is 29.6 Å². The van der Waals surface area contributed by atoms with Crippen molar-refractivity contribution in [2.75, 3.05) is 6.54 Å². The summed E-state index contributed by atoms with van der Waals surface area (Å²) < 4.78 is 40.5. The Morgan fingerprint density at radius 3 is 2.67 bits per heavy atom. The summed E-state index contributed by atoms with van der Waals surface area (Å²) in [7, 11) is -4.02. The molecule has 1 unspecified atom stereocenters. The smallest absolute Gasteiger partial charge is 0.335 e. The van der Waals surface area contributed by atoms with E-state index < -0.39 is 26.7 Å². The summed E-state index contributed by atoms with van der Waals surface area (Å²) in [6, 6.07) is 2.66. The van der Waals surface area contributed by atoms with Gasteiger partial charge in [0, 0.05) is 12.6 Å². The second kappa shape index (κ2) is 5.73. The molecule has 0 aromatic heterocycles. The van der Waals surface area contributed by atoms with Crippen LogP contribution in [0.5, 0.6) is 0 Å². The van der Waals surface area contributed by atoms with Crippen LogP contribution in [0, 0.1) is 11.7 Å². The van der Waals surface area contributed by atoms with Gasteiger partial charge in [-0.2, -0.15) is 4.31 Å². The summed E-state index contributed by atoms with van der Waals surface area (Å²) in [4.78, 5) is 10.4. The van der Waals surface area contributed by atoms with Gasteiger partial charge in [0.1, 0.15) is 10.7 Å². The fourth-order valence-electron chi connectivity index (χ4n) is 2.69. The van der Waals surface area contributed by atoms with E-state index >= 15 is 0 Å². The van der Waals surface area contributed by atoms with E-state index in [9.17, 15) is 17.6 Å². The Morgan fingerprint density at radius 2 is 2.10 bits per heavy atom. The van der Waals surface area contributed by atoms with E-state index in [1.54, 1.807) is 0 Å². The molecular weight excluding hydrogens is 297 g/mol.